The van der Waals surface area contributed by atoms with E-state index >= 15 is 0 Å². The molecule has 2 aliphatic heterocycles. The Kier molecular flexibility index (Phi) is 15.9. The Morgan fingerprint density at radius 2 is 0.824 bits per heavy atom. The first-order valence-electron chi connectivity index (χ1n) is 17.5. The normalized spacial score (nSPS) is 14.8. The zero-order valence-electron chi connectivity index (χ0n) is 32.4. The number of nitrogens with zero attached hydrogens (tertiary/aromatic N) is 2. The maximum atomic E-state index is 12.6. The van der Waals surface area contributed by atoms with Gasteiger partial charge in [-0.05, 0) is 69.6 Å². The van der Waals surface area contributed by atoms with Gasteiger partial charge in [-0.1, -0.05) is 107 Å². The Hall–Kier alpha value is -2.40. The Morgan fingerprint density at radius 1 is 0.549 bits per heavy atom. The van der Waals surface area contributed by atoms with Crippen LogP contribution in [-0.4, -0.2) is 49.0 Å². The summed E-state index contributed by atoms with van der Waals surface area (Å²) in [6, 6.07) is 3.99. The van der Waals surface area contributed by atoms with E-state index in [1.165, 1.54) is 48.4 Å². The molecule has 2 fully saturated rings. The molecule has 0 saturated carbocycles. The van der Waals surface area contributed by atoms with Gasteiger partial charge in [-0.2, -0.15) is 0 Å². The first-order chi connectivity index (χ1) is 23.1. The summed E-state index contributed by atoms with van der Waals surface area (Å²) in [7, 11) is 0. The van der Waals surface area contributed by atoms with Crippen LogP contribution in [-0.2, 0) is 48.2 Å². The number of aromatic nitrogens is 2. The molecule has 4 heterocycles. The van der Waals surface area contributed by atoms with Crippen molar-refractivity contribution in [2.24, 2.45) is 0 Å². The van der Waals surface area contributed by atoms with Gasteiger partial charge in [0.25, 0.3) is 0 Å². The van der Waals surface area contributed by atoms with Crippen LogP contribution in [0.3, 0.4) is 0 Å². The van der Waals surface area contributed by atoms with Gasteiger partial charge in [0.1, 0.15) is 0 Å². The van der Waals surface area contributed by atoms with Gasteiger partial charge >= 0.3 is 17.1 Å². The van der Waals surface area contributed by atoms with Crippen molar-refractivity contribution in [3.05, 3.63) is 44.4 Å². The fraction of sp³-hybridized carbons (Fsp3) is 0.600. The number of carbonyl (C=O) groups excluding carboxylic acids is 2. The summed E-state index contributed by atoms with van der Waals surface area (Å²) in [5.74, 6) is -0.102. The molecule has 2 saturated heterocycles. The molecule has 0 aliphatic carbocycles. The van der Waals surface area contributed by atoms with Crippen LogP contribution in [0.1, 0.15) is 151 Å². The molecule has 285 valence electrons. The van der Waals surface area contributed by atoms with Crippen molar-refractivity contribution in [1.29, 1.82) is 0 Å². The van der Waals surface area contributed by atoms with Crippen LogP contribution >= 0.6 is 22.7 Å². The molecule has 0 atom stereocenters. The second kappa shape index (κ2) is 18.1. The maximum absolute atomic E-state index is 12.6. The number of hydrogen-bond donors (Lipinski definition) is 0. The number of fused-ring (bicyclic) bond motifs is 2. The van der Waals surface area contributed by atoms with E-state index in [0.717, 1.165) is 58.1 Å². The molecule has 2 aliphatic rings. The van der Waals surface area contributed by atoms with Crippen molar-refractivity contribution in [2.75, 3.05) is 26.4 Å². The Labute approximate surface area is 323 Å². The topological polar surface area (TPSA) is 125 Å². The zero-order chi connectivity index (χ0) is 37.7. The molecule has 0 bridgehead atoms. The maximum Gasteiger partial charge on any atom is 2.00 e. The van der Waals surface area contributed by atoms with Crippen molar-refractivity contribution in [2.45, 2.75) is 130 Å². The van der Waals surface area contributed by atoms with Crippen LogP contribution in [0.2, 0.25) is 0 Å². The first kappa shape index (κ1) is 44.8. The first-order valence-corrected chi connectivity index (χ1v) is 19.1. The SMILES string of the molecule is C1CCOC1.C1CCOC1.CC(C)(C)c1cc(C(C)(C)C)c2sc(C=O)nc2c1[O-].CC(C)(C)c1cc(C(C)(C)C)c2sc(C=O)nc2c1[O-].[Cu+2]. The average Bonchev–Trinajstić information content (AvgIpc) is 3.84. The molecule has 0 N–H and O–H groups in total. The summed E-state index contributed by atoms with van der Waals surface area (Å²) in [5.41, 5.74) is 3.90. The third-order valence-electron chi connectivity index (χ3n) is 8.36. The van der Waals surface area contributed by atoms with Gasteiger partial charge in [0.2, 0.25) is 0 Å². The number of benzene rings is 2. The van der Waals surface area contributed by atoms with E-state index < -0.39 is 0 Å². The summed E-state index contributed by atoms with van der Waals surface area (Å²) in [4.78, 5) is 30.4. The molecule has 0 amide bonds. The van der Waals surface area contributed by atoms with Gasteiger partial charge in [-0.15, -0.1) is 22.7 Å². The molecule has 0 unspecified atom stereocenters. The van der Waals surface area contributed by atoms with Crippen LogP contribution in [0.4, 0.5) is 0 Å². The van der Waals surface area contributed by atoms with Crippen molar-refractivity contribution in [3.63, 3.8) is 0 Å². The third-order valence-corrected chi connectivity index (χ3v) is 10.4. The molecule has 1 radical (unpaired) electrons. The molecule has 2 aromatic heterocycles. The molecule has 51 heavy (non-hydrogen) atoms. The van der Waals surface area contributed by atoms with Crippen molar-refractivity contribution in [3.8, 4) is 11.5 Å². The molecule has 4 aromatic rings. The van der Waals surface area contributed by atoms with Gasteiger partial charge in [0.05, 0.1) is 20.4 Å². The van der Waals surface area contributed by atoms with Crippen LogP contribution in [0.25, 0.3) is 20.4 Å². The van der Waals surface area contributed by atoms with Crippen LogP contribution in [0, 0.1) is 0 Å². The fourth-order valence-electron chi connectivity index (χ4n) is 5.50. The summed E-state index contributed by atoms with van der Waals surface area (Å²) in [5, 5.41) is 26.0. The number of ether oxygens (including phenoxy) is 2. The quantitative estimate of drug-likeness (QED) is 0.146. The standard InChI is InChI=1S/2C16H21NO2S.2C4H8O.Cu/c2*1-15(2,3)9-7-10(16(4,5)6)14-12(13(9)19)17-11(8-18)20-14;2*1-2-4-5-3-1;/h2*7-8,19H,1-6H3;2*1-4H2;/q;;;;+2/p-2. The summed E-state index contributed by atoms with van der Waals surface area (Å²) < 4.78 is 11.6. The minimum absolute atomic E-state index is 0. The van der Waals surface area contributed by atoms with Crippen LogP contribution in [0.15, 0.2) is 12.1 Å². The predicted molar refractivity (Wildman–Crippen MR) is 204 cm³/mol. The number of aldehydes is 2. The predicted octanol–water partition coefficient (Wildman–Crippen LogP) is 9.15. The molecular weight excluding hydrogens is 732 g/mol. The Morgan fingerprint density at radius 3 is 1.02 bits per heavy atom. The number of rotatable bonds is 2. The summed E-state index contributed by atoms with van der Waals surface area (Å²) in [6.45, 7) is 28.8. The average molecular weight is 789 g/mol. The molecule has 11 heteroatoms. The Balaban J connectivity index is 0.000000273. The summed E-state index contributed by atoms with van der Waals surface area (Å²) in [6.07, 6.45) is 6.54. The van der Waals surface area contributed by atoms with E-state index in [-0.39, 0.29) is 50.2 Å². The van der Waals surface area contributed by atoms with Crippen molar-refractivity contribution < 1.29 is 46.3 Å². The minimum atomic E-state index is -0.240. The number of hydrogen-bond acceptors (Lipinski definition) is 10. The monoisotopic (exact) mass is 787 g/mol. The van der Waals surface area contributed by atoms with E-state index in [1.807, 2.05) is 53.7 Å². The Bertz CT molecular complexity index is 1620. The van der Waals surface area contributed by atoms with Gasteiger partial charge in [-0.3, -0.25) is 9.59 Å². The van der Waals surface area contributed by atoms with E-state index in [2.05, 4.69) is 51.5 Å². The van der Waals surface area contributed by atoms with E-state index in [0.29, 0.717) is 33.6 Å². The second-order valence-corrected chi connectivity index (χ2v) is 19.0. The fourth-order valence-corrected chi connectivity index (χ4v) is 7.71. The summed E-state index contributed by atoms with van der Waals surface area (Å²) >= 11 is 2.61. The van der Waals surface area contributed by atoms with Gasteiger partial charge in [0, 0.05) is 26.4 Å². The van der Waals surface area contributed by atoms with Crippen molar-refractivity contribution in [1.82, 2.24) is 9.97 Å². The minimum Gasteiger partial charge on any atom is -0.871 e. The zero-order valence-corrected chi connectivity index (χ0v) is 35.0. The second-order valence-electron chi connectivity index (χ2n) is 16.9. The largest absolute Gasteiger partial charge is 2.00 e. The van der Waals surface area contributed by atoms with Gasteiger partial charge in [-0.25, -0.2) is 9.97 Å². The number of thiazole rings is 2. The molecular formula is C40H56CuN2O6S2. The van der Waals surface area contributed by atoms with E-state index in [1.54, 1.807) is 0 Å². The molecule has 8 nitrogen and oxygen atoms in total. The van der Waals surface area contributed by atoms with Crippen LogP contribution < -0.4 is 10.2 Å². The molecule has 2 aromatic carbocycles. The molecule has 0 spiro atoms. The van der Waals surface area contributed by atoms with E-state index in [9.17, 15) is 19.8 Å². The molecule has 6 rings (SSSR count). The van der Waals surface area contributed by atoms with Crippen LogP contribution in [0.5, 0.6) is 11.5 Å². The van der Waals surface area contributed by atoms with Gasteiger partial charge < -0.3 is 19.7 Å². The van der Waals surface area contributed by atoms with Crippen molar-refractivity contribution >= 4 is 55.7 Å². The smallest absolute Gasteiger partial charge is 0.871 e. The van der Waals surface area contributed by atoms with E-state index in [4.69, 9.17) is 9.47 Å². The third kappa shape index (κ3) is 11.8. The number of carbonyl (C=O) groups is 2. The van der Waals surface area contributed by atoms with Gasteiger partial charge in [0.15, 0.2) is 22.6 Å².